The summed E-state index contributed by atoms with van der Waals surface area (Å²) in [5, 5.41) is 4.18. The first-order valence-corrected chi connectivity index (χ1v) is 8.82. The summed E-state index contributed by atoms with van der Waals surface area (Å²) in [6.45, 7) is 1.71. The van der Waals surface area contributed by atoms with Crippen molar-refractivity contribution in [3.8, 4) is 0 Å². The van der Waals surface area contributed by atoms with Gasteiger partial charge in [-0.25, -0.2) is 0 Å². The molecule has 0 radical (unpaired) electrons. The Balaban J connectivity index is 1.54. The highest BCUT2D eigenvalue weighted by Gasteiger charge is 2.40. The molecule has 0 bridgehead atoms. The summed E-state index contributed by atoms with van der Waals surface area (Å²) in [7, 11) is 3.28. The van der Waals surface area contributed by atoms with Gasteiger partial charge in [0.15, 0.2) is 0 Å². The topological polar surface area (TPSA) is 77.7 Å². The first-order chi connectivity index (χ1) is 11.7. The number of methoxy groups -OCH3 is 2. The molecule has 2 aliphatic rings. The molecule has 1 saturated carbocycles. The lowest BCUT2D eigenvalue weighted by Gasteiger charge is -2.31. The first-order valence-electron chi connectivity index (χ1n) is 8.82. The van der Waals surface area contributed by atoms with E-state index in [9.17, 15) is 4.79 Å². The van der Waals surface area contributed by atoms with Crippen LogP contribution in [-0.4, -0.2) is 54.9 Å². The number of piperidine rings is 1. The number of amides is 1. The molecule has 0 aromatic carbocycles. The molecular formula is C17H27N3O4. The molecule has 1 aliphatic carbocycles. The molecule has 0 N–H and O–H groups in total. The largest absolute Gasteiger partial charge is 0.375 e. The highest BCUT2D eigenvalue weighted by Crippen LogP contribution is 2.40. The summed E-state index contributed by atoms with van der Waals surface area (Å²) in [6, 6.07) is 0. The van der Waals surface area contributed by atoms with Crippen molar-refractivity contribution in [1.82, 2.24) is 15.0 Å². The second kappa shape index (κ2) is 7.61. The van der Waals surface area contributed by atoms with Crippen molar-refractivity contribution in [2.75, 3.05) is 33.9 Å². The third-order valence-electron chi connectivity index (χ3n) is 5.38. The van der Waals surface area contributed by atoms with Crippen molar-refractivity contribution in [3.05, 3.63) is 11.7 Å². The average molecular weight is 337 g/mol. The van der Waals surface area contributed by atoms with Crippen molar-refractivity contribution in [2.45, 2.75) is 50.5 Å². The van der Waals surface area contributed by atoms with E-state index in [1.54, 1.807) is 14.2 Å². The average Bonchev–Trinajstić information content (AvgIpc) is 3.25. The summed E-state index contributed by atoms with van der Waals surface area (Å²) in [5.74, 6) is 1.94. The summed E-state index contributed by atoms with van der Waals surface area (Å²) >= 11 is 0. The van der Waals surface area contributed by atoms with E-state index in [1.807, 2.05) is 4.90 Å². The Labute approximate surface area is 142 Å². The van der Waals surface area contributed by atoms with Gasteiger partial charge in [0.2, 0.25) is 17.6 Å². The normalized spacial score (nSPS) is 21.3. The predicted octanol–water partition coefficient (Wildman–Crippen LogP) is 1.91. The molecule has 1 aromatic rings. The van der Waals surface area contributed by atoms with Crippen LogP contribution < -0.4 is 0 Å². The summed E-state index contributed by atoms with van der Waals surface area (Å²) in [5.41, 5.74) is -0.350. The Morgan fingerprint density at radius 3 is 2.62 bits per heavy atom. The van der Waals surface area contributed by atoms with Gasteiger partial charge in [0.25, 0.3) is 0 Å². The Bertz CT molecular complexity index is 546. The minimum Gasteiger partial charge on any atom is -0.375 e. The van der Waals surface area contributed by atoms with Crippen molar-refractivity contribution in [3.63, 3.8) is 0 Å². The fourth-order valence-electron chi connectivity index (χ4n) is 3.84. The van der Waals surface area contributed by atoms with E-state index in [0.717, 1.165) is 58.0 Å². The van der Waals surface area contributed by atoms with Crippen LogP contribution in [0, 0.1) is 5.92 Å². The lowest BCUT2D eigenvalue weighted by Crippen LogP contribution is -2.40. The minimum atomic E-state index is -0.350. The molecule has 24 heavy (non-hydrogen) atoms. The molecular weight excluding hydrogens is 310 g/mol. The summed E-state index contributed by atoms with van der Waals surface area (Å²) in [6.07, 6.45) is 6.91. The zero-order valence-electron chi connectivity index (χ0n) is 14.6. The van der Waals surface area contributed by atoms with E-state index in [-0.39, 0.29) is 18.1 Å². The second-order valence-corrected chi connectivity index (χ2v) is 6.88. The minimum absolute atomic E-state index is 0.0688. The summed E-state index contributed by atoms with van der Waals surface area (Å²) < 4.78 is 16.1. The first kappa shape index (κ1) is 17.4. The molecule has 1 aliphatic heterocycles. The molecule has 2 fully saturated rings. The van der Waals surface area contributed by atoms with Gasteiger partial charge in [-0.15, -0.1) is 0 Å². The van der Waals surface area contributed by atoms with Crippen LogP contribution in [0.1, 0.15) is 50.2 Å². The zero-order chi connectivity index (χ0) is 17.0. The van der Waals surface area contributed by atoms with Gasteiger partial charge >= 0.3 is 0 Å². The number of rotatable bonds is 6. The Kier molecular flexibility index (Phi) is 5.50. The molecule has 0 spiro atoms. The van der Waals surface area contributed by atoms with Crippen LogP contribution in [0.25, 0.3) is 0 Å². The quantitative estimate of drug-likeness (QED) is 0.789. The Morgan fingerprint density at radius 1 is 1.29 bits per heavy atom. The predicted molar refractivity (Wildman–Crippen MR) is 86.3 cm³/mol. The number of ether oxygens (including phenoxy) is 2. The fourth-order valence-corrected chi connectivity index (χ4v) is 3.84. The van der Waals surface area contributed by atoms with Crippen LogP contribution >= 0.6 is 0 Å². The van der Waals surface area contributed by atoms with Gasteiger partial charge in [0.05, 0.1) is 0 Å². The third kappa shape index (κ3) is 3.62. The molecule has 7 heteroatoms. The molecule has 1 saturated heterocycles. The molecule has 0 unspecified atom stereocenters. The number of nitrogens with zero attached hydrogens (tertiary/aromatic N) is 3. The maximum Gasteiger partial charge on any atom is 0.248 e. The SMILES string of the molecule is COCC(=O)N1CCC(Cc2nc(C3(OC)CCCC3)no2)CC1. The Hall–Kier alpha value is -1.47. The molecule has 2 heterocycles. The number of likely N-dealkylation sites (tertiary alicyclic amines) is 1. The maximum absolute atomic E-state index is 11.8. The van der Waals surface area contributed by atoms with Crippen molar-refractivity contribution in [2.24, 2.45) is 5.92 Å². The standard InChI is InChI=1S/C17H27N3O4/c1-22-12-15(21)20-9-5-13(6-10-20)11-14-18-16(19-24-14)17(23-2)7-3-4-8-17/h13H,3-12H2,1-2H3. The van der Waals surface area contributed by atoms with Gasteiger partial charge < -0.3 is 18.9 Å². The van der Waals surface area contributed by atoms with Crippen LogP contribution in [0.3, 0.4) is 0 Å². The molecule has 0 atom stereocenters. The molecule has 7 nitrogen and oxygen atoms in total. The fraction of sp³-hybridized carbons (Fsp3) is 0.824. The lowest BCUT2D eigenvalue weighted by atomic mass is 9.93. The number of carbonyl (C=O) groups excluding carboxylic acids is 1. The lowest BCUT2D eigenvalue weighted by molar-refractivity contribution is -0.136. The van der Waals surface area contributed by atoms with Gasteiger partial charge in [-0.2, -0.15) is 4.98 Å². The molecule has 1 amide bonds. The smallest absolute Gasteiger partial charge is 0.248 e. The van der Waals surface area contributed by atoms with Gasteiger partial charge in [0.1, 0.15) is 12.2 Å². The van der Waals surface area contributed by atoms with Crippen LogP contribution in [0.5, 0.6) is 0 Å². The highest BCUT2D eigenvalue weighted by atomic mass is 16.5. The monoisotopic (exact) mass is 337 g/mol. The van der Waals surface area contributed by atoms with E-state index in [2.05, 4.69) is 10.1 Å². The van der Waals surface area contributed by atoms with E-state index in [1.165, 1.54) is 0 Å². The number of hydrogen-bond donors (Lipinski definition) is 0. The van der Waals surface area contributed by atoms with Crippen LogP contribution in [0.4, 0.5) is 0 Å². The van der Waals surface area contributed by atoms with Crippen LogP contribution in [0.15, 0.2) is 4.52 Å². The van der Waals surface area contributed by atoms with Gasteiger partial charge in [-0.3, -0.25) is 4.79 Å². The van der Waals surface area contributed by atoms with Crippen LogP contribution in [-0.2, 0) is 26.3 Å². The molecule has 134 valence electrons. The molecule has 1 aromatic heterocycles. The summed E-state index contributed by atoms with van der Waals surface area (Å²) in [4.78, 5) is 18.3. The van der Waals surface area contributed by atoms with Gasteiger partial charge in [0, 0.05) is 33.7 Å². The van der Waals surface area contributed by atoms with Gasteiger partial charge in [-0.1, -0.05) is 5.16 Å². The Morgan fingerprint density at radius 2 is 2.00 bits per heavy atom. The van der Waals surface area contributed by atoms with Crippen molar-refractivity contribution in [1.29, 1.82) is 0 Å². The third-order valence-corrected chi connectivity index (χ3v) is 5.38. The second-order valence-electron chi connectivity index (χ2n) is 6.88. The maximum atomic E-state index is 11.8. The van der Waals surface area contributed by atoms with E-state index >= 15 is 0 Å². The number of carbonyl (C=O) groups is 1. The highest BCUT2D eigenvalue weighted by molar-refractivity contribution is 5.77. The van der Waals surface area contributed by atoms with Gasteiger partial charge in [-0.05, 0) is 44.4 Å². The molecule has 3 rings (SSSR count). The number of aromatic nitrogens is 2. The van der Waals surface area contributed by atoms with Crippen LogP contribution in [0.2, 0.25) is 0 Å². The number of hydrogen-bond acceptors (Lipinski definition) is 6. The van der Waals surface area contributed by atoms with Crippen molar-refractivity contribution >= 4 is 5.91 Å². The van der Waals surface area contributed by atoms with E-state index < -0.39 is 0 Å². The van der Waals surface area contributed by atoms with E-state index in [4.69, 9.17) is 14.0 Å². The zero-order valence-corrected chi connectivity index (χ0v) is 14.6. The van der Waals surface area contributed by atoms with Crippen molar-refractivity contribution < 1.29 is 18.8 Å². The van der Waals surface area contributed by atoms with E-state index in [0.29, 0.717) is 17.6 Å².